The Bertz CT molecular complexity index is 2500. The van der Waals surface area contributed by atoms with Crippen LogP contribution in [0.4, 0.5) is 11.4 Å². The number of H-pyrrole nitrogens is 1. The summed E-state index contributed by atoms with van der Waals surface area (Å²) in [6, 6.07) is 24.9. The maximum Gasteiger partial charge on any atom is 0.268 e. The predicted molar refractivity (Wildman–Crippen MR) is 244 cm³/mol. The lowest BCUT2D eigenvalue weighted by Gasteiger charge is -2.34. The first-order valence-corrected chi connectivity index (χ1v) is 22.9. The number of amides is 1. The Morgan fingerprint density at radius 3 is 2.61 bits per heavy atom. The van der Waals surface area contributed by atoms with Gasteiger partial charge in [0.25, 0.3) is 15.9 Å². The van der Waals surface area contributed by atoms with Gasteiger partial charge in [-0.15, -0.1) is 0 Å². The van der Waals surface area contributed by atoms with E-state index in [0.29, 0.717) is 62.1 Å². The van der Waals surface area contributed by atoms with Crippen LogP contribution in [0.25, 0.3) is 16.5 Å². The first-order valence-electron chi connectivity index (χ1n) is 21.1. The van der Waals surface area contributed by atoms with E-state index in [2.05, 4.69) is 51.7 Å². The van der Waals surface area contributed by atoms with Crippen molar-refractivity contribution in [1.82, 2.24) is 20.0 Å². The molecule has 0 radical (unpaired) electrons. The Morgan fingerprint density at radius 1 is 1.02 bits per heavy atom. The number of benzene rings is 4. The van der Waals surface area contributed by atoms with Crippen molar-refractivity contribution in [1.29, 1.82) is 0 Å². The standard InChI is InChI=1S/C47H55ClN6O7S/c1-47(2)17-15-34(42(30-47)32-5-7-36(48)8-6-32)31-49-19-20-50-37-9-12-41(45(29-37)61-39-10-13-43-33(27-39)16-18-51-43)46(57)53-62(58,59)40-11-14-44(52-54-21-24-60-25-22-54)35(28-40)26-38(56)4-3-23-55/h5-14,16,18,23,27-29,38,49-52,56H,3-4,15,17,19-22,24-26,30-31H2,1-2H3,(H,53,57). The molecule has 1 aromatic heterocycles. The number of rotatable bonds is 19. The lowest BCUT2D eigenvalue weighted by Crippen LogP contribution is -2.40. The molecule has 13 nitrogen and oxygen atoms in total. The van der Waals surface area contributed by atoms with Crippen molar-refractivity contribution in [2.45, 2.75) is 63.4 Å². The Hall–Kier alpha value is -5.22. The second-order valence-electron chi connectivity index (χ2n) is 16.6. The molecule has 2 heterocycles. The molecule has 328 valence electrons. The molecule has 1 aliphatic carbocycles. The van der Waals surface area contributed by atoms with Crippen LogP contribution in [0.5, 0.6) is 11.5 Å². The Morgan fingerprint density at radius 2 is 1.82 bits per heavy atom. The molecule has 2 aliphatic rings. The van der Waals surface area contributed by atoms with Gasteiger partial charge in [-0.25, -0.2) is 18.1 Å². The molecule has 15 heteroatoms. The van der Waals surface area contributed by atoms with E-state index in [9.17, 15) is 23.1 Å². The Labute approximate surface area is 368 Å². The third kappa shape index (κ3) is 11.8. The second kappa shape index (κ2) is 20.3. The van der Waals surface area contributed by atoms with E-state index in [1.165, 1.54) is 28.8 Å². The molecule has 1 amide bonds. The van der Waals surface area contributed by atoms with Crippen molar-refractivity contribution in [2.24, 2.45) is 5.41 Å². The van der Waals surface area contributed by atoms with Crippen molar-refractivity contribution in [3.05, 3.63) is 118 Å². The fraction of sp³-hybridized carbons (Fsp3) is 0.362. The number of aromatic nitrogens is 1. The number of nitrogens with zero attached hydrogens (tertiary/aromatic N) is 1. The van der Waals surface area contributed by atoms with Gasteiger partial charge in [-0.05, 0) is 115 Å². The van der Waals surface area contributed by atoms with Gasteiger partial charge in [-0.1, -0.05) is 43.2 Å². The second-order valence-corrected chi connectivity index (χ2v) is 18.8. The molecule has 1 unspecified atom stereocenters. The number of allylic oxidation sites excluding steroid dienone is 1. The number of fused-ring (bicyclic) bond motifs is 1. The summed E-state index contributed by atoms with van der Waals surface area (Å²) in [5, 5.41) is 21.3. The highest BCUT2D eigenvalue weighted by Gasteiger charge is 2.28. The van der Waals surface area contributed by atoms with Gasteiger partial charge in [-0.3, -0.25) is 4.79 Å². The number of anilines is 2. The normalized spacial score (nSPS) is 16.2. The number of aromatic amines is 1. The molecule has 0 bridgehead atoms. The minimum absolute atomic E-state index is 0.0171. The van der Waals surface area contributed by atoms with E-state index in [1.807, 2.05) is 41.5 Å². The van der Waals surface area contributed by atoms with Crippen LogP contribution in [0.1, 0.15) is 67.4 Å². The predicted octanol–water partition coefficient (Wildman–Crippen LogP) is 7.94. The minimum atomic E-state index is -4.41. The van der Waals surface area contributed by atoms with Crippen LogP contribution < -0.4 is 25.5 Å². The van der Waals surface area contributed by atoms with Gasteiger partial charge in [0, 0.05) is 79.4 Å². The number of halogens is 1. The van der Waals surface area contributed by atoms with E-state index in [0.717, 1.165) is 48.0 Å². The maximum absolute atomic E-state index is 14.0. The summed E-state index contributed by atoms with van der Waals surface area (Å²) >= 11 is 6.20. The van der Waals surface area contributed by atoms with Gasteiger partial charge in [0.15, 0.2) is 0 Å². The van der Waals surface area contributed by atoms with E-state index >= 15 is 0 Å². The van der Waals surface area contributed by atoms with Crippen molar-refractivity contribution in [2.75, 3.05) is 56.7 Å². The average molecular weight is 884 g/mol. The van der Waals surface area contributed by atoms with Crippen LogP contribution in [0, 0.1) is 5.41 Å². The summed E-state index contributed by atoms with van der Waals surface area (Å²) in [6.45, 7) is 8.93. The lowest BCUT2D eigenvalue weighted by molar-refractivity contribution is -0.108. The molecular weight excluding hydrogens is 828 g/mol. The summed E-state index contributed by atoms with van der Waals surface area (Å²) in [4.78, 5) is 27.9. The molecule has 7 rings (SSSR count). The molecule has 5 aromatic rings. The zero-order chi connectivity index (χ0) is 43.7. The van der Waals surface area contributed by atoms with E-state index in [-0.39, 0.29) is 40.9 Å². The molecule has 1 atom stereocenters. The first kappa shape index (κ1) is 44.8. The SMILES string of the molecule is CC1(C)CCC(CNCCNc2ccc(C(=O)NS(=O)(=O)c3ccc(NN4CCOCC4)c(CC(O)CCC=O)c3)c(Oc3ccc4[nH]ccc4c3)c2)=C(c2ccc(Cl)cc2)C1. The lowest BCUT2D eigenvalue weighted by atomic mass is 9.72. The van der Waals surface area contributed by atoms with Gasteiger partial charge in [0.2, 0.25) is 0 Å². The molecule has 1 saturated heterocycles. The molecule has 0 spiro atoms. The number of morpholine rings is 1. The zero-order valence-electron chi connectivity index (χ0n) is 35.1. The van der Waals surface area contributed by atoms with Crippen molar-refractivity contribution in [3.8, 4) is 11.5 Å². The molecule has 4 aromatic carbocycles. The molecule has 1 aliphatic heterocycles. The third-order valence-electron chi connectivity index (χ3n) is 11.3. The van der Waals surface area contributed by atoms with Crippen LogP contribution in [0.15, 0.2) is 102 Å². The summed E-state index contributed by atoms with van der Waals surface area (Å²) < 4.78 is 41.8. The molecular formula is C47H55ClN6O7S. The summed E-state index contributed by atoms with van der Waals surface area (Å²) in [6.07, 6.45) is 5.28. The Kier molecular flexibility index (Phi) is 14.7. The van der Waals surface area contributed by atoms with Crippen molar-refractivity contribution in [3.63, 3.8) is 0 Å². The number of hydrogen-bond donors (Lipinski definition) is 6. The number of nitrogens with one attached hydrogen (secondary N) is 5. The number of aliphatic hydroxyl groups is 1. The van der Waals surface area contributed by atoms with Crippen molar-refractivity contribution < 1.29 is 32.6 Å². The van der Waals surface area contributed by atoms with Gasteiger partial charge in [0.05, 0.1) is 35.5 Å². The maximum atomic E-state index is 14.0. The summed E-state index contributed by atoms with van der Waals surface area (Å²) in [7, 11) is -4.41. The molecule has 62 heavy (non-hydrogen) atoms. The number of hydrazine groups is 1. The largest absolute Gasteiger partial charge is 0.456 e. The fourth-order valence-corrected chi connectivity index (χ4v) is 9.00. The first-order chi connectivity index (χ1) is 29.9. The fourth-order valence-electron chi connectivity index (χ4n) is 7.86. The quantitative estimate of drug-likeness (QED) is 0.0351. The Balaban J connectivity index is 1.07. The molecule has 6 N–H and O–H groups in total. The number of sulfonamides is 1. The van der Waals surface area contributed by atoms with E-state index in [4.69, 9.17) is 21.1 Å². The van der Waals surface area contributed by atoms with E-state index < -0.39 is 22.0 Å². The van der Waals surface area contributed by atoms with Gasteiger partial charge in [0.1, 0.15) is 17.8 Å². The summed E-state index contributed by atoms with van der Waals surface area (Å²) in [5.74, 6) is -0.244. The van der Waals surface area contributed by atoms with Crippen molar-refractivity contribution >= 4 is 61.7 Å². The highest BCUT2D eigenvalue weighted by Crippen LogP contribution is 2.43. The highest BCUT2D eigenvalue weighted by atomic mass is 35.5. The zero-order valence-corrected chi connectivity index (χ0v) is 36.7. The number of carbonyl (C=O) groups excluding carboxylic acids is 2. The monoisotopic (exact) mass is 882 g/mol. The average Bonchev–Trinajstić information content (AvgIpc) is 3.72. The molecule has 1 fully saturated rings. The number of ether oxygens (including phenoxy) is 2. The van der Waals surface area contributed by atoms with Crippen LogP contribution in [-0.2, 0) is 26.0 Å². The third-order valence-corrected chi connectivity index (χ3v) is 12.9. The van der Waals surface area contributed by atoms with Gasteiger partial charge >= 0.3 is 0 Å². The smallest absolute Gasteiger partial charge is 0.268 e. The van der Waals surface area contributed by atoms with E-state index in [1.54, 1.807) is 30.3 Å². The van der Waals surface area contributed by atoms with Gasteiger partial charge < -0.3 is 40.4 Å². The minimum Gasteiger partial charge on any atom is -0.456 e. The number of aliphatic hydroxyl groups excluding tert-OH is 1. The number of hydrogen-bond acceptors (Lipinski definition) is 11. The van der Waals surface area contributed by atoms with Gasteiger partial charge in [-0.2, -0.15) is 0 Å². The topological polar surface area (TPSA) is 174 Å². The van der Waals surface area contributed by atoms with Crippen LogP contribution in [-0.4, -0.2) is 87.8 Å². The van der Waals surface area contributed by atoms with Crippen LogP contribution in [0.2, 0.25) is 5.02 Å². The van der Waals surface area contributed by atoms with Crippen LogP contribution >= 0.6 is 11.6 Å². The highest BCUT2D eigenvalue weighted by molar-refractivity contribution is 7.90. The number of carbonyl (C=O) groups is 2. The van der Waals surface area contributed by atoms with Crippen LogP contribution in [0.3, 0.4) is 0 Å². The molecule has 0 saturated carbocycles. The summed E-state index contributed by atoms with van der Waals surface area (Å²) in [5.41, 5.74) is 10.2. The number of aldehydes is 1.